The summed E-state index contributed by atoms with van der Waals surface area (Å²) >= 11 is 0. The van der Waals surface area contributed by atoms with Crippen LogP contribution in [-0.2, 0) is 9.53 Å². The Labute approximate surface area is 118 Å². The summed E-state index contributed by atoms with van der Waals surface area (Å²) in [5, 5.41) is 0. The standard InChI is InChI=1S/C14H21N3O3/c1-9(2)7-17(8-13(16)18)12-5-4-10(15)6-11(12)14(19)20-3/h4-6,9H,7-8,15H2,1-3H3,(H2,16,18). The van der Waals surface area contributed by atoms with Crippen LogP contribution in [0.1, 0.15) is 24.2 Å². The number of rotatable bonds is 6. The summed E-state index contributed by atoms with van der Waals surface area (Å²) in [6, 6.07) is 4.92. The van der Waals surface area contributed by atoms with E-state index in [9.17, 15) is 9.59 Å². The second-order valence-electron chi connectivity index (χ2n) is 5.01. The Bertz CT molecular complexity index is 500. The van der Waals surface area contributed by atoms with E-state index in [4.69, 9.17) is 16.2 Å². The number of carbonyl (C=O) groups excluding carboxylic acids is 2. The number of esters is 1. The molecule has 0 aliphatic rings. The van der Waals surface area contributed by atoms with Crippen LogP contribution in [0.5, 0.6) is 0 Å². The summed E-state index contributed by atoms with van der Waals surface area (Å²) in [6.45, 7) is 4.66. The third kappa shape index (κ3) is 4.15. The molecule has 4 N–H and O–H groups in total. The van der Waals surface area contributed by atoms with E-state index in [1.165, 1.54) is 13.2 Å². The highest BCUT2D eigenvalue weighted by molar-refractivity contribution is 5.97. The van der Waals surface area contributed by atoms with Crippen molar-refractivity contribution in [2.45, 2.75) is 13.8 Å². The first-order chi connectivity index (χ1) is 9.35. The van der Waals surface area contributed by atoms with Crippen LogP contribution >= 0.6 is 0 Å². The van der Waals surface area contributed by atoms with Crippen molar-refractivity contribution >= 4 is 23.3 Å². The number of nitrogen functional groups attached to an aromatic ring is 1. The number of ether oxygens (including phenoxy) is 1. The lowest BCUT2D eigenvalue weighted by atomic mass is 10.1. The van der Waals surface area contributed by atoms with Gasteiger partial charge in [0, 0.05) is 12.2 Å². The Morgan fingerprint density at radius 1 is 1.35 bits per heavy atom. The largest absolute Gasteiger partial charge is 0.465 e. The number of carbonyl (C=O) groups is 2. The van der Waals surface area contributed by atoms with Crippen molar-refractivity contribution in [3.63, 3.8) is 0 Å². The molecule has 0 heterocycles. The summed E-state index contributed by atoms with van der Waals surface area (Å²) in [7, 11) is 1.30. The van der Waals surface area contributed by atoms with Gasteiger partial charge in [0.2, 0.25) is 5.91 Å². The van der Waals surface area contributed by atoms with Crippen molar-refractivity contribution in [3.8, 4) is 0 Å². The number of hydrogen-bond acceptors (Lipinski definition) is 5. The van der Waals surface area contributed by atoms with Gasteiger partial charge in [-0.05, 0) is 24.1 Å². The molecule has 20 heavy (non-hydrogen) atoms. The molecule has 0 bridgehead atoms. The van der Waals surface area contributed by atoms with Crippen LogP contribution in [0.3, 0.4) is 0 Å². The average Bonchev–Trinajstić information content (AvgIpc) is 2.35. The normalized spacial score (nSPS) is 10.4. The molecule has 1 amide bonds. The highest BCUT2D eigenvalue weighted by Crippen LogP contribution is 2.24. The van der Waals surface area contributed by atoms with Crippen molar-refractivity contribution in [1.29, 1.82) is 0 Å². The molecule has 6 heteroatoms. The predicted octanol–water partition coefficient (Wildman–Crippen LogP) is 1.00. The van der Waals surface area contributed by atoms with Gasteiger partial charge in [-0.25, -0.2) is 4.79 Å². The van der Waals surface area contributed by atoms with Gasteiger partial charge < -0.3 is 21.1 Å². The van der Waals surface area contributed by atoms with Gasteiger partial charge >= 0.3 is 5.97 Å². The molecular weight excluding hydrogens is 258 g/mol. The zero-order chi connectivity index (χ0) is 15.3. The molecule has 0 aliphatic heterocycles. The molecular formula is C14H21N3O3. The summed E-state index contributed by atoms with van der Waals surface area (Å²) in [6.07, 6.45) is 0. The Balaban J connectivity index is 3.23. The molecule has 110 valence electrons. The number of amides is 1. The Hall–Kier alpha value is -2.24. The molecule has 1 aromatic rings. The molecule has 0 saturated heterocycles. The van der Waals surface area contributed by atoms with Crippen LogP contribution in [-0.4, -0.2) is 32.1 Å². The van der Waals surface area contributed by atoms with Crippen LogP contribution in [0.4, 0.5) is 11.4 Å². The third-order valence-electron chi connectivity index (χ3n) is 2.70. The van der Waals surface area contributed by atoms with Gasteiger partial charge in [-0.2, -0.15) is 0 Å². The molecule has 0 aliphatic carbocycles. The first-order valence-electron chi connectivity index (χ1n) is 6.36. The van der Waals surface area contributed by atoms with E-state index >= 15 is 0 Å². The molecule has 6 nitrogen and oxygen atoms in total. The molecule has 0 unspecified atom stereocenters. The molecule has 0 atom stereocenters. The lowest BCUT2D eigenvalue weighted by molar-refractivity contribution is -0.116. The fraction of sp³-hybridized carbons (Fsp3) is 0.429. The van der Waals surface area contributed by atoms with Gasteiger partial charge in [0.1, 0.15) is 0 Å². The van der Waals surface area contributed by atoms with Crippen molar-refractivity contribution in [2.24, 2.45) is 11.7 Å². The zero-order valence-electron chi connectivity index (χ0n) is 12.1. The summed E-state index contributed by atoms with van der Waals surface area (Å²) < 4.78 is 4.75. The average molecular weight is 279 g/mol. The fourth-order valence-corrected chi connectivity index (χ4v) is 1.98. The van der Waals surface area contributed by atoms with E-state index in [0.29, 0.717) is 29.4 Å². The molecule has 1 aromatic carbocycles. The van der Waals surface area contributed by atoms with E-state index in [2.05, 4.69) is 0 Å². The van der Waals surface area contributed by atoms with Crippen molar-refractivity contribution in [3.05, 3.63) is 23.8 Å². The van der Waals surface area contributed by atoms with Crippen molar-refractivity contribution in [1.82, 2.24) is 0 Å². The van der Waals surface area contributed by atoms with Crippen LogP contribution in [0, 0.1) is 5.92 Å². The SMILES string of the molecule is COC(=O)c1cc(N)ccc1N(CC(N)=O)CC(C)C. The second kappa shape index (κ2) is 6.79. The number of benzene rings is 1. The maximum absolute atomic E-state index is 11.8. The number of anilines is 2. The van der Waals surface area contributed by atoms with Crippen molar-refractivity contribution < 1.29 is 14.3 Å². The van der Waals surface area contributed by atoms with E-state index in [1.807, 2.05) is 13.8 Å². The molecule has 0 saturated carbocycles. The van der Waals surface area contributed by atoms with Gasteiger partial charge in [-0.15, -0.1) is 0 Å². The van der Waals surface area contributed by atoms with Crippen LogP contribution in [0.15, 0.2) is 18.2 Å². The van der Waals surface area contributed by atoms with E-state index in [1.54, 1.807) is 17.0 Å². The van der Waals surface area contributed by atoms with Gasteiger partial charge in [0.05, 0.1) is 24.9 Å². The smallest absolute Gasteiger partial charge is 0.340 e. The van der Waals surface area contributed by atoms with Crippen LogP contribution < -0.4 is 16.4 Å². The topological polar surface area (TPSA) is 98.7 Å². The maximum Gasteiger partial charge on any atom is 0.340 e. The van der Waals surface area contributed by atoms with Gasteiger partial charge in [0.15, 0.2) is 0 Å². The Morgan fingerprint density at radius 2 is 2.00 bits per heavy atom. The van der Waals surface area contributed by atoms with E-state index < -0.39 is 11.9 Å². The highest BCUT2D eigenvalue weighted by atomic mass is 16.5. The molecule has 0 fully saturated rings. The number of primary amides is 1. The number of nitrogens with two attached hydrogens (primary N) is 2. The second-order valence-corrected chi connectivity index (χ2v) is 5.01. The molecule has 0 spiro atoms. The minimum absolute atomic E-state index is 0.0338. The zero-order valence-corrected chi connectivity index (χ0v) is 12.1. The monoisotopic (exact) mass is 279 g/mol. The summed E-state index contributed by atoms with van der Waals surface area (Å²) in [5.41, 5.74) is 12.4. The minimum atomic E-state index is -0.495. The highest BCUT2D eigenvalue weighted by Gasteiger charge is 2.19. The molecule has 1 rings (SSSR count). The van der Waals surface area contributed by atoms with Gasteiger partial charge in [-0.3, -0.25) is 4.79 Å². The fourth-order valence-electron chi connectivity index (χ4n) is 1.98. The minimum Gasteiger partial charge on any atom is -0.465 e. The lowest BCUT2D eigenvalue weighted by Crippen LogP contribution is -2.37. The number of methoxy groups -OCH3 is 1. The Kier molecular flexibility index (Phi) is 5.37. The first kappa shape index (κ1) is 15.8. The third-order valence-corrected chi connectivity index (χ3v) is 2.70. The summed E-state index contributed by atoms with van der Waals surface area (Å²) in [5.74, 6) is -0.652. The summed E-state index contributed by atoms with van der Waals surface area (Å²) in [4.78, 5) is 24.8. The lowest BCUT2D eigenvalue weighted by Gasteiger charge is -2.27. The van der Waals surface area contributed by atoms with E-state index in [0.717, 1.165) is 0 Å². The quantitative estimate of drug-likeness (QED) is 0.598. The van der Waals surface area contributed by atoms with E-state index in [-0.39, 0.29) is 6.54 Å². The van der Waals surface area contributed by atoms with Crippen LogP contribution in [0.2, 0.25) is 0 Å². The van der Waals surface area contributed by atoms with Crippen LogP contribution in [0.25, 0.3) is 0 Å². The molecule has 0 aromatic heterocycles. The number of nitrogens with zero attached hydrogens (tertiary/aromatic N) is 1. The van der Waals surface area contributed by atoms with Gasteiger partial charge in [-0.1, -0.05) is 13.8 Å². The van der Waals surface area contributed by atoms with Crippen molar-refractivity contribution in [2.75, 3.05) is 30.8 Å². The Morgan fingerprint density at radius 3 is 2.50 bits per heavy atom. The predicted molar refractivity (Wildman–Crippen MR) is 78.4 cm³/mol. The maximum atomic E-state index is 11.8. The molecule has 0 radical (unpaired) electrons. The first-order valence-corrected chi connectivity index (χ1v) is 6.36. The number of hydrogen-bond donors (Lipinski definition) is 2. The van der Waals surface area contributed by atoms with Gasteiger partial charge in [0.25, 0.3) is 0 Å².